The van der Waals surface area contributed by atoms with E-state index in [9.17, 15) is 4.79 Å². The van der Waals surface area contributed by atoms with Crippen molar-refractivity contribution in [2.24, 2.45) is 0 Å². The molecule has 1 atom stereocenters. The molecule has 2 amide bonds. The maximum atomic E-state index is 12.0. The van der Waals surface area contributed by atoms with E-state index in [0.29, 0.717) is 11.1 Å². The average molecular weight is 268 g/mol. The van der Waals surface area contributed by atoms with Gasteiger partial charge in [0.2, 0.25) is 0 Å². The van der Waals surface area contributed by atoms with Crippen LogP contribution in [0.25, 0.3) is 0 Å². The highest BCUT2D eigenvalue weighted by molar-refractivity contribution is 6.30. The second kappa shape index (κ2) is 5.59. The zero-order chi connectivity index (χ0) is 13.1. The number of rotatable bonds is 2. The normalized spacial score (nSPS) is 19.3. The van der Waals surface area contributed by atoms with Crippen LogP contribution in [-0.2, 0) is 0 Å². The van der Waals surface area contributed by atoms with Crippen molar-refractivity contribution in [1.82, 2.24) is 9.80 Å². The molecule has 0 aromatic heterocycles. The lowest BCUT2D eigenvalue weighted by molar-refractivity contribution is 0.216. The molecule has 1 aliphatic heterocycles. The molecule has 1 fully saturated rings. The zero-order valence-corrected chi connectivity index (χ0v) is 11.4. The molecule has 1 N–H and O–H groups in total. The van der Waals surface area contributed by atoms with Gasteiger partial charge in [0.05, 0.1) is 0 Å². The molecule has 1 saturated heterocycles. The van der Waals surface area contributed by atoms with Gasteiger partial charge in [-0.1, -0.05) is 11.6 Å². The van der Waals surface area contributed by atoms with Gasteiger partial charge < -0.3 is 15.1 Å². The molecule has 4 nitrogen and oxygen atoms in total. The number of anilines is 1. The van der Waals surface area contributed by atoms with Gasteiger partial charge >= 0.3 is 6.03 Å². The van der Waals surface area contributed by atoms with E-state index < -0.39 is 0 Å². The van der Waals surface area contributed by atoms with E-state index >= 15 is 0 Å². The molecule has 0 bridgehead atoms. The van der Waals surface area contributed by atoms with Crippen LogP contribution in [0.3, 0.4) is 0 Å². The summed E-state index contributed by atoms with van der Waals surface area (Å²) in [4.78, 5) is 16.0. The Labute approximate surface area is 113 Å². The highest BCUT2D eigenvalue weighted by atomic mass is 35.5. The van der Waals surface area contributed by atoms with Crippen molar-refractivity contribution in [3.05, 3.63) is 29.3 Å². The summed E-state index contributed by atoms with van der Waals surface area (Å²) in [7, 11) is 4.09. The molecule has 0 saturated carbocycles. The van der Waals surface area contributed by atoms with Crippen molar-refractivity contribution in [2.75, 3.05) is 32.5 Å². The summed E-state index contributed by atoms with van der Waals surface area (Å²) in [6.45, 7) is 1.59. The predicted octanol–water partition coefficient (Wildman–Crippen LogP) is 2.51. The number of carbonyl (C=O) groups excluding carboxylic acids is 1. The van der Waals surface area contributed by atoms with Crippen molar-refractivity contribution >= 4 is 23.3 Å². The summed E-state index contributed by atoms with van der Waals surface area (Å²) < 4.78 is 0. The van der Waals surface area contributed by atoms with Crippen molar-refractivity contribution in [2.45, 2.75) is 12.5 Å². The van der Waals surface area contributed by atoms with E-state index in [0.717, 1.165) is 25.2 Å². The first-order valence-corrected chi connectivity index (χ1v) is 6.42. The molecule has 18 heavy (non-hydrogen) atoms. The summed E-state index contributed by atoms with van der Waals surface area (Å²) in [5, 5.41) is 3.55. The van der Waals surface area contributed by atoms with Gasteiger partial charge in [-0.05, 0) is 44.8 Å². The summed E-state index contributed by atoms with van der Waals surface area (Å²) in [6, 6.07) is 7.56. The molecular weight excluding hydrogens is 250 g/mol. The van der Waals surface area contributed by atoms with E-state index in [4.69, 9.17) is 11.6 Å². The maximum Gasteiger partial charge on any atom is 0.321 e. The second-order valence-electron chi connectivity index (χ2n) is 4.79. The van der Waals surface area contributed by atoms with Crippen LogP contribution in [0.2, 0.25) is 5.02 Å². The summed E-state index contributed by atoms with van der Waals surface area (Å²) in [5.74, 6) is 0. The van der Waals surface area contributed by atoms with Crippen LogP contribution >= 0.6 is 11.6 Å². The third-order valence-corrected chi connectivity index (χ3v) is 3.53. The monoisotopic (exact) mass is 267 g/mol. The summed E-state index contributed by atoms with van der Waals surface area (Å²) in [5.41, 5.74) is 0.776. The summed E-state index contributed by atoms with van der Waals surface area (Å²) in [6.07, 6.45) is 1.03. The Bertz CT molecular complexity index is 419. The van der Waals surface area contributed by atoms with Gasteiger partial charge in [0.1, 0.15) is 0 Å². The Morgan fingerprint density at radius 2 is 2.06 bits per heavy atom. The Hall–Kier alpha value is -1.26. The van der Waals surface area contributed by atoms with E-state index in [1.54, 1.807) is 24.3 Å². The minimum atomic E-state index is -0.0401. The molecule has 0 aliphatic carbocycles. The lowest BCUT2D eigenvalue weighted by Gasteiger charge is -2.20. The third-order valence-electron chi connectivity index (χ3n) is 3.28. The number of hydrogen-bond donors (Lipinski definition) is 1. The molecular formula is C13H18ClN3O. The number of nitrogens with zero attached hydrogens (tertiary/aromatic N) is 2. The molecule has 1 aromatic rings. The van der Waals surface area contributed by atoms with Crippen molar-refractivity contribution in [1.29, 1.82) is 0 Å². The SMILES string of the molecule is CN(C)C1CCN(C(=O)Nc2ccc(Cl)cc2)C1. The van der Waals surface area contributed by atoms with E-state index in [1.165, 1.54) is 0 Å². The number of likely N-dealkylation sites (tertiary alicyclic amines) is 1. The average Bonchev–Trinajstić information content (AvgIpc) is 2.81. The largest absolute Gasteiger partial charge is 0.323 e. The van der Waals surface area contributed by atoms with E-state index in [2.05, 4.69) is 10.2 Å². The Kier molecular flexibility index (Phi) is 4.09. The van der Waals surface area contributed by atoms with Crippen LogP contribution in [0.15, 0.2) is 24.3 Å². The molecule has 98 valence electrons. The highest BCUT2D eigenvalue weighted by Crippen LogP contribution is 2.17. The third kappa shape index (κ3) is 3.15. The second-order valence-corrected chi connectivity index (χ2v) is 5.23. The molecule has 0 radical (unpaired) electrons. The van der Waals surface area contributed by atoms with Gasteiger partial charge in [-0.15, -0.1) is 0 Å². The Morgan fingerprint density at radius 1 is 1.39 bits per heavy atom. The zero-order valence-electron chi connectivity index (χ0n) is 10.7. The summed E-state index contributed by atoms with van der Waals surface area (Å²) >= 11 is 5.80. The minimum Gasteiger partial charge on any atom is -0.323 e. The smallest absolute Gasteiger partial charge is 0.321 e. The number of halogens is 1. The molecule has 1 aliphatic rings. The molecule has 2 rings (SSSR count). The van der Waals surface area contributed by atoms with Crippen molar-refractivity contribution in [3.63, 3.8) is 0 Å². The highest BCUT2D eigenvalue weighted by Gasteiger charge is 2.27. The number of urea groups is 1. The number of likely N-dealkylation sites (N-methyl/N-ethyl adjacent to an activating group) is 1. The molecule has 0 spiro atoms. The van der Waals surface area contributed by atoms with Gasteiger partial charge in [0.25, 0.3) is 0 Å². The van der Waals surface area contributed by atoms with Crippen LogP contribution < -0.4 is 5.32 Å². The molecule has 1 aromatic carbocycles. The van der Waals surface area contributed by atoms with Gasteiger partial charge in [-0.3, -0.25) is 0 Å². The Morgan fingerprint density at radius 3 is 2.61 bits per heavy atom. The minimum absolute atomic E-state index is 0.0401. The Balaban J connectivity index is 1.91. The fourth-order valence-corrected chi connectivity index (χ4v) is 2.21. The van der Waals surface area contributed by atoms with Crippen molar-refractivity contribution < 1.29 is 4.79 Å². The van der Waals surface area contributed by atoms with Gasteiger partial charge in [-0.25, -0.2) is 4.79 Å². The lowest BCUT2D eigenvalue weighted by Crippen LogP contribution is -2.36. The molecule has 1 heterocycles. The predicted molar refractivity (Wildman–Crippen MR) is 74.1 cm³/mol. The fraction of sp³-hybridized carbons (Fsp3) is 0.462. The number of hydrogen-bond acceptors (Lipinski definition) is 2. The van der Waals surface area contributed by atoms with Crippen LogP contribution in [0.1, 0.15) is 6.42 Å². The van der Waals surface area contributed by atoms with Gasteiger partial charge in [-0.2, -0.15) is 0 Å². The maximum absolute atomic E-state index is 12.0. The first kappa shape index (κ1) is 13.2. The number of carbonyl (C=O) groups is 1. The standard InChI is InChI=1S/C13H18ClN3O/c1-16(2)12-7-8-17(9-12)13(18)15-11-5-3-10(14)4-6-11/h3-6,12H,7-9H2,1-2H3,(H,15,18). The van der Waals surface area contributed by atoms with Crippen LogP contribution in [0, 0.1) is 0 Å². The fourth-order valence-electron chi connectivity index (χ4n) is 2.08. The van der Waals surface area contributed by atoms with Gasteiger partial charge in [0, 0.05) is 29.8 Å². The number of benzene rings is 1. The number of nitrogens with one attached hydrogen (secondary N) is 1. The van der Waals surface area contributed by atoms with Crippen LogP contribution in [-0.4, -0.2) is 49.1 Å². The van der Waals surface area contributed by atoms with Crippen LogP contribution in [0.4, 0.5) is 10.5 Å². The van der Waals surface area contributed by atoms with E-state index in [1.807, 2.05) is 19.0 Å². The first-order chi connectivity index (χ1) is 8.56. The number of amides is 2. The van der Waals surface area contributed by atoms with Crippen LogP contribution in [0.5, 0.6) is 0 Å². The van der Waals surface area contributed by atoms with Crippen molar-refractivity contribution in [3.8, 4) is 0 Å². The topological polar surface area (TPSA) is 35.6 Å². The molecule has 1 unspecified atom stereocenters. The van der Waals surface area contributed by atoms with Gasteiger partial charge in [0.15, 0.2) is 0 Å². The molecule has 5 heteroatoms. The first-order valence-electron chi connectivity index (χ1n) is 6.04. The van der Waals surface area contributed by atoms with E-state index in [-0.39, 0.29) is 6.03 Å². The quantitative estimate of drug-likeness (QED) is 0.894. The lowest BCUT2D eigenvalue weighted by atomic mass is 10.2.